The van der Waals surface area contributed by atoms with Crippen LogP contribution in [-0.2, 0) is 0 Å². The Hall–Kier alpha value is -2.18. The molecule has 2 aromatic heterocycles. The van der Waals surface area contributed by atoms with Gasteiger partial charge in [0.05, 0.1) is 11.6 Å². The largest absolute Gasteiger partial charge is 0.459 e. The van der Waals surface area contributed by atoms with Crippen molar-refractivity contribution in [2.45, 2.75) is 6.04 Å². The van der Waals surface area contributed by atoms with Crippen LogP contribution in [0.5, 0.6) is 0 Å². The number of aromatic nitrogens is 1. The van der Waals surface area contributed by atoms with Gasteiger partial charge in [0.25, 0.3) is 5.91 Å². The van der Waals surface area contributed by atoms with Crippen molar-refractivity contribution in [3.8, 4) is 0 Å². The van der Waals surface area contributed by atoms with E-state index in [4.69, 9.17) is 4.42 Å². The Kier molecular flexibility index (Phi) is 4.97. The van der Waals surface area contributed by atoms with Crippen LogP contribution in [0.15, 0.2) is 57.7 Å². The number of benzene rings is 1. The average molecular weight is 388 g/mol. The van der Waals surface area contributed by atoms with Gasteiger partial charge in [0, 0.05) is 28.8 Å². The lowest BCUT2D eigenvalue weighted by Gasteiger charge is -2.22. The number of halogens is 1. The monoisotopic (exact) mass is 387 g/mol. The van der Waals surface area contributed by atoms with Gasteiger partial charge < -0.3 is 9.73 Å². The summed E-state index contributed by atoms with van der Waals surface area (Å²) in [5.41, 5.74) is 1.37. The molecule has 0 radical (unpaired) electrons. The molecule has 1 amide bonds. The molecule has 3 aromatic rings. The van der Waals surface area contributed by atoms with Crippen LogP contribution in [0.3, 0.4) is 0 Å². The SMILES string of the molecule is CN(C)C(CNC(=O)c1cncc(Br)c1)c1cc2ccccc2o1. The van der Waals surface area contributed by atoms with E-state index < -0.39 is 0 Å². The zero-order chi connectivity index (χ0) is 17.1. The molecule has 0 saturated carbocycles. The molecule has 0 spiro atoms. The lowest BCUT2D eigenvalue weighted by Crippen LogP contribution is -2.34. The number of likely N-dealkylation sites (N-methyl/N-ethyl adjacent to an activating group) is 1. The Balaban J connectivity index is 1.76. The standard InChI is InChI=1S/C18H18BrN3O2/c1-22(2)15(17-8-12-5-3-4-6-16(12)24-17)11-21-18(23)13-7-14(19)10-20-9-13/h3-10,15H,11H2,1-2H3,(H,21,23). The highest BCUT2D eigenvalue weighted by molar-refractivity contribution is 9.10. The molecule has 0 fully saturated rings. The summed E-state index contributed by atoms with van der Waals surface area (Å²) in [7, 11) is 3.93. The first kappa shape index (κ1) is 16.7. The highest BCUT2D eigenvalue weighted by Gasteiger charge is 2.20. The van der Waals surface area contributed by atoms with Crippen LogP contribution in [0.25, 0.3) is 11.0 Å². The van der Waals surface area contributed by atoms with Gasteiger partial charge >= 0.3 is 0 Å². The zero-order valence-electron chi connectivity index (χ0n) is 13.5. The number of nitrogens with zero attached hydrogens (tertiary/aromatic N) is 2. The Morgan fingerprint density at radius 3 is 2.79 bits per heavy atom. The van der Waals surface area contributed by atoms with Gasteiger partial charge in [-0.15, -0.1) is 0 Å². The molecule has 2 heterocycles. The second-order valence-electron chi connectivity index (χ2n) is 5.77. The molecule has 0 aliphatic heterocycles. The van der Waals surface area contributed by atoms with E-state index in [9.17, 15) is 4.79 Å². The van der Waals surface area contributed by atoms with Crippen molar-refractivity contribution in [2.75, 3.05) is 20.6 Å². The lowest BCUT2D eigenvalue weighted by atomic mass is 10.1. The summed E-state index contributed by atoms with van der Waals surface area (Å²) >= 11 is 3.32. The summed E-state index contributed by atoms with van der Waals surface area (Å²) < 4.78 is 6.71. The summed E-state index contributed by atoms with van der Waals surface area (Å²) in [4.78, 5) is 18.3. The molecule has 1 aromatic carbocycles. The third kappa shape index (κ3) is 3.66. The molecule has 0 bridgehead atoms. The molecule has 1 unspecified atom stereocenters. The van der Waals surface area contributed by atoms with Crippen molar-refractivity contribution >= 4 is 32.8 Å². The number of hydrogen-bond donors (Lipinski definition) is 1. The Bertz CT molecular complexity index is 827. The first-order chi connectivity index (χ1) is 11.5. The predicted octanol–water partition coefficient (Wildman–Crippen LogP) is 3.62. The minimum Gasteiger partial charge on any atom is -0.459 e. The van der Waals surface area contributed by atoms with Crippen LogP contribution in [0.1, 0.15) is 22.2 Å². The topological polar surface area (TPSA) is 58.4 Å². The number of hydrogen-bond acceptors (Lipinski definition) is 4. The van der Waals surface area contributed by atoms with Crippen molar-refractivity contribution in [3.05, 3.63) is 64.6 Å². The smallest absolute Gasteiger partial charge is 0.252 e. The number of para-hydroxylation sites is 1. The highest BCUT2D eigenvalue weighted by atomic mass is 79.9. The number of nitrogens with one attached hydrogen (secondary N) is 1. The van der Waals surface area contributed by atoms with Gasteiger partial charge in [0.1, 0.15) is 11.3 Å². The molecule has 6 heteroatoms. The highest BCUT2D eigenvalue weighted by Crippen LogP contribution is 2.26. The maximum Gasteiger partial charge on any atom is 0.252 e. The van der Waals surface area contributed by atoms with E-state index in [1.54, 1.807) is 18.5 Å². The average Bonchev–Trinajstić information content (AvgIpc) is 2.98. The van der Waals surface area contributed by atoms with Gasteiger partial charge in [-0.3, -0.25) is 14.7 Å². The number of carbonyl (C=O) groups excluding carboxylic acids is 1. The van der Waals surface area contributed by atoms with Crippen molar-refractivity contribution in [3.63, 3.8) is 0 Å². The Labute approximate surface area is 148 Å². The maximum absolute atomic E-state index is 12.3. The van der Waals surface area contributed by atoms with Gasteiger partial charge in [0.15, 0.2) is 0 Å². The van der Waals surface area contributed by atoms with E-state index in [-0.39, 0.29) is 11.9 Å². The Morgan fingerprint density at radius 2 is 2.08 bits per heavy atom. The summed E-state index contributed by atoms with van der Waals surface area (Å²) in [6, 6.07) is 11.6. The molecule has 5 nitrogen and oxygen atoms in total. The fourth-order valence-corrected chi connectivity index (χ4v) is 2.90. The number of furan rings is 1. The van der Waals surface area contributed by atoms with Gasteiger partial charge in [-0.25, -0.2) is 0 Å². The Morgan fingerprint density at radius 1 is 1.29 bits per heavy atom. The van der Waals surface area contributed by atoms with Crippen LogP contribution in [0, 0.1) is 0 Å². The van der Waals surface area contributed by atoms with E-state index in [2.05, 4.69) is 26.2 Å². The summed E-state index contributed by atoms with van der Waals surface area (Å²) in [5, 5.41) is 4.01. The summed E-state index contributed by atoms with van der Waals surface area (Å²) in [6.45, 7) is 0.443. The minimum atomic E-state index is -0.160. The fraction of sp³-hybridized carbons (Fsp3) is 0.222. The third-order valence-electron chi connectivity index (χ3n) is 3.82. The molecule has 0 saturated heterocycles. The third-order valence-corrected chi connectivity index (χ3v) is 4.25. The molecule has 124 valence electrons. The predicted molar refractivity (Wildman–Crippen MR) is 96.9 cm³/mol. The molecular weight excluding hydrogens is 370 g/mol. The van der Waals surface area contributed by atoms with Crippen LogP contribution < -0.4 is 5.32 Å². The number of rotatable bonds is 5. The molecule has 0 aliphatic rings. The van der Waals surface area contributed by atoms with Crippen LogP contribution >= 0.6 is 15.9 Å². The van der Waals surface area contributed by atoms with E-state index >= 15 is 0 Å². The quantitative estimate of drug-likeness (QED) is 0.726. The van der Waals surface area contributed by atoms with Gasteiger partial charge in [-0.2, -0.15) is 0 Å². The molecule has 1 N–H and O–H groups in total. The number of pyridine rings is 1. The molecular formula is C18H18BrN3O2. The van der Waals surface area contributed by atoms with Crippen LogP contribution in [0.2, 0.25) is 0 Å². The van der Waals surface area contributed by atoms with Crippen LogP contribution in [-0.4, -0.2) is 36.4 Å². The van der Waals surface area contributed by atoms with Gasteiger partial charge in [-0.1, -0.05) is 18.2 Å². The summed E-state index contributed by atoms with van der Waals surface area (Å²) in [6.07, 6.45) is 3.19. The zero-order valence-corrected chi connectivity index (χ0v) is 15.1. The van der Waals surface area contributed by atoms with Crippen molar-refractivity contribution in [1.82, 2.24) is 15.2 Å². The number of amides is 1. The van der Waals surface area contributed by atoms with Gasteiger partial charge in [-0.05, 0) is 48.2 Å². The lowest BCUT2D eigenvalue weighted by molar-refractivity contribution is 0.0939. The number of carbonyl (C=O) groups is 1. The maximum atomic E-state index is 12.3. The van der Waals surface area contributed by atoms with Crippen molar-refractivity contribution < 1.29 is 9.21 Å². The first-order valence-corrected chi connectivity index (χ1v) is 8.37. The van der Waals surface area contributed by atoms with E-state index in [1.165, 1.54) is 0 Å². The molecule has 1 atom stereocenters. The van der Waals surface area contributed by atoms with Crippen LogP contribution in [0.4, 0.5) is 0 Å². The normalized spacial score (nSPS) is 12.5. The fourth-order valence-electron chi connectivity index (χ4n) is 2.53. The van der Waals surface area contributed by atoms with Gasteiger partial charge in [0.2, 0.25) is 0 Å². The second-order valence-corrected chi connectivity index (χ2v) is 6.68. The first-order valence-electron chi connectivity index (χ1n) is 7.58. The molecule has 24 heavy (non-hydrogen) atoms. The molecule has 0 aliphatic carbocycles. The van der Waals surface area contributed by atoms with E-state index in [0.717, 1.165) is 21.2 Å². The van der Waals surface area contributed by atoms with E-state index in [0.29, 0.717) is 12.1 Å². The molecule has 3 rings (SSSR count). The van der Waals surface area contributed by atoms with Crippen molar-refractivity contribution in [1.29, 1.82) is 0 Å². The second kappa shape index (κ2) is 7.15. The number of fused-ring (bicyclic) bond motifs is 1. The van der Waals surface area contributed by atoms with Crippen molar-refractivity contribution in [2.24, 2.45) is 0 Å². The van der Waals surface area contributed by atoms with E-state index in [1.807, 2.05) is 49.3 Å². The minimum absolute atomic E-state index is 0.0542. The summed E-state index contributed by atoms with van der Waals surface area (Å²) in [5.74, 6) is 0.667.